The van der Waals surface area contributed by atoms with Gasteiger partial charge < -0.3 is 41.9 Å². The molecule has 5 aromatic rings. The summed E-state index contributed by atoms with van der Waals surface area (Å²) in [5.41, 5.74) is 10.4. The highest BCUT2D eigenvalue weighted by molar-refractivity contribution is 5.95. The maximum absolute atomic E-state index is 13.6. The molecule has 274 valence electrons. The summed E-state index contributed by atoms with van der Waals surface area (Å²) >= 11 is 0. The molecular formula is C36H37F3N6O7. The van der Waals surface area contributed by atoms with Gasteiger partial charge in [0.2, 0.25) is 17.7 Å². The van der Waals surface area contributed by atoms with Crippen molar-refractivity contribution in [2.24, 2.45) is 5.73 Å². The van der Waals surface area contributed by atoms with E-state index in [1.807, 2.05) is 60.8 Å². The first-order chi connectivity index (χ1) is 24.6. The summed E-state index contributed by atoms with van der Waals surface area (Å²) in [6.07, 6.45) is -1.11. The van der Waals surface area contributed by atoms with Crippen LogP contribution in [0.5, 0.6) is 0 Å². The third kappa shape index (κ3) is 10.4. The number of fused-ring (bicyclic) bond motifs is 2. The molecule has 0 saturated heterocycles. The van der Waals surface area contributed by atoms with E-state index < -0.39 is 60.0 Å². The van der Waals surface area contributed by atoms with Crippen molar-refractivity contribution in [3.05, 3.63) is 108 Å². The average molecular weight is 723 g/mol. The molecule has 2 aromatic heterocycles. The Morgan fingerprint density at radius 1 is 0.673 bits per heavy atom. The molecule has 3 amide bonds. The largest absolute Gasteiger partial charge is 0.490 e. The number of H-pyrrole nitrogens is 2. The number of carboxylic acids is 2. The van der Waals surface area contributed by atoms with Crippen LogP contribution in [0.3, 0.4) is 0 Å². The Kier molecular flexibility index (Phi) is 12.8. The second-order valence-electron chi connectivity index (χ2n) is 11.9. The van der Waals surface area contributed by atoms with Gasteiger partial charge in [-0.2, -0.15) is 13.2 Å². The van der Waals surface area contributed by atoms with Gasteiger partial charge in [-0.15, -0.1) is 0 Å². The highest BCUT2D eigenvalue weighted by Crippen LogP contribution is 2.20. The molecule has 0 saturated carbocycles. The van der Waals surface area contributed by atoms with E-state index in [0.29, 0.717) is 0 Å². The number of aliphatic carboxylic acids is 2. The summed E-state index contributed by atoms with van der Waals surface area (Å²) in [6, 6.07) is 19.9. The molecule has 9 N–H and O–H groups in total. The minimum atomic E-state index is -5.08. The molecule has 13 nitrogen and oxygen atoms in total. The number of benzene rings is 3. The predicted molar refractivity (Wildman–Crippen MR) is 185 cm³/mol. The molecule has 0 radical (unpaired) electrons. The van der Waals surface area contributed by atoms with Crippen LogP contribution >= 0.6 is 0 Å². The van der Waals surface area contributed by atoms with Gasteiger partial charge in [-0.25, -0.2) is 9.59 Å². The zero-order chi connectivity index (χ0) is 38.0. The lowest BCUT2D eigenvalue weighted by molar-refractivity contribution is -0.192. The number of carbonyl (C=O) groups excluding carboxylic acids is 3. The van der Waals surface area contributed by atoms with Crippen LogP contribution in [0.1, 0.15) is 23.6 Å². The van der Waals surface area contributed by atoms with Crippen LogP contribution in [-0.4, -0.2) is 80.2 Å². The van der Waals surface area contributed by atoms with Gasteiger partial charge in [0, 0.05) is 47.0 Å². The van der Waals surface area contributed by atoms with Gasteiger partial charge in [0.1, 0.15) is 18.1 Å². The summed E-state index contributed by atoms with van der Waals surface area (Å²) in [7, 11) is 0. The number of aromatic nitrogens is 2. The first kappa shape index (κ1) is 38.6. The third-order valence-corrected chi connectivity index (χ3v) is 8.08. The van der Waals surface area contributed by atoms with Gasteiger partial charge in [-0.3, -0.25) is 14.4 Å². The number of nitrogens with one attached hydrogen (secondary N) is 5. The van der Waals surface area contributed by atoms with Crippen molar-refractivity contribution in [2.45, 2.75) is 56.5 Å². The van der Waals surface area contributed by atoms with E-state index in [0.717, 1.165) is 38.5 Å². The molecule has 0 aliphatic carbocycles. The normalized spacial score (nSPS) is 13.6. The van der Waals surface area contributed by atoms with Gasteiger partial charge >= 0.3 is 18.1 Å². The molecule has 0 spiro atoms. The summed E-state index contributed by atoms with van der Waals surface area (Å²) < 4.78 is 31.7. The van der Waals surface area contributed by atoms with E-state index in [4.69, 9.17) is 15.6 Å². The Hall–Kier alpha value is -6.16. The second-order valence-corrected chi connectivity index (χ2v) is 11.9. The van der Waals surface area contributed by atoms with Crippen molar-refractivity contribution >= 4 is 51.5 Å². The summed E-state index contributed by atoms with van der Waals surface area (Å²) in [6.45, 7) is 1.50. The van der Waals surface area contributed by atoms with E-state index >= 15 is 0 Å². The number of carboxylic acid groups (broad SMARTS) is 2. The monoisotopic (exact) mass is 722 g/mol. The lowest BCUT2D eigenvalue weighted by atomic mass is 10.0. The van der Waals surface area contributed by atoms with Crippen molar-refractivity contribution < 1.29 is 47.4 Å². The minimum Gasteiger partial charge on any atom is -0.480 e. The number of hydrogen-bond acceptors (Lipinski definition) is 6. The van der Waals surface area contributed by atoms with E-state index in [1.165, 1.54) is 6.92 Å². The third-order valence-electron chi connectivity index (χ3n) is 8.08. The molecule has 0 fully saturated rings. The topological polar surface area (TPSA) is 219 Å². The number of nitrogens with two attached hydrogens (primary N) is 1. The minimum absolute atomic E-state index is 0.0659. The number of amides is 3. The van der Waals surface area contributed by atoms with Crippen LogP contribution in [0.15, 0.2) is 91.3 Å². The van der Waals surface area contributed by atoms with Crippen molar-refractivity contribution in [2.75, 3.05) is 0 Å². The standard InChI is InChI=1S/C34H36N6O5.C2HF3O2/c1-20(38-32(42)26(35)16-22-18-36-27-13-7-5-11-24(22)27)31(41)39-29(17-23-19-37-28-14-8-6-12-25(23)28)33(43)40-30(34(44)45)15-21-9-3-2-4-10-21;3-2(4,5)1(6)7/h2-14,18-20,26,29-30,36-37H,15-17,35H2,1H3,(H,38,42)(H,39,41)(H,40,43)(H,44,45);(H,6,7)/t20-,26+,29-,30+;/m0./s1. The molecule has 3 aromatic carbocycles. The molecule has 2 heterocycles. The van der Waals surface area contributed by atoms with Crippen LogP contribution in [0.25, 0.3) is 21.8 Å². The molecular weight excluding hydrogens is 685 g/mol. The van der Waals surface area contributed by atoms with Gasteiger partial charge in [0.05, 0.1) is 6.04 Å². The Balaban J connectivity index is 0.000000785. The van der Waals surface area contributed by atoms with Crippen LogP contribution in [-0.2, 0) is 43.2 Å². The molecule has 0 bridgehead atoms. The molecule has 4 atom stereocenters. The molecule has 16 heteroatoms. The fourth-order valence-corrected chi connectivity index (χ4v) is 5.36. The first-order valence-electron chi connectivity index (χ1n) is 16.0. The predicted octanol–water partition coefficient (Wildman–Crippen LogP) is 3.20. The van der Waals surface area contributed by atoms with Crippen LogP contribution < -0.4 is 21.7 Å². The molecule has 0 aliphatic heterocycles. The van der Waals surface area contributed by atoms with E-state index in [-0.39, 0.29) is 19.3 Å². The van der Waals surface area contributed by atoms with Gasteiger partial charge in [0.25, 0.3) is 0 Å². The first-order valence-corrected chi connectivity index (χ1v) is 16.0. The van der Waals surface area contributed by atoms with Crippen LogP contribution in [0, 0.1) is 0 Å². The molecule has 0 unspecified atom stereocenters. The number of halogens is 3. The summed E-state index contributed by atoms with van der Waals surface area (Å²) in [4.78, 5) is 67.2. The Morgan fingerprint density at radius 3 is 1.67 bits per heavy atom. The number of aromatic amines is 2. The molecule has 5 rings (SSSR count). The Morgan fingerprint density at radius 2 is 1.15 bits per heavy atom. The van der Waals surface area contributed by atoms with E-state index in [1.54, 1.807) is 30.5 Å². The fraction of sp³-hybridized carbons (Fsp3) is 0.250. The number of carbonyl (C=O) groups is 5. The zero-order valence-electron chi connectivity index (χ0n) is 27.7. The second kappa shape index (κ2) is 17.2. The Bertz CT molecular complexity index is 2030. The molecule has 0 aliphatic rings. The lowest BCUT2D eigenvalue weighted by Gasteiger charge is -2.24. The van der Waals surface area contributed by atoms with Gasteiger partial charge in [0.15, 0.2) is 0 Å². The summed E-state index contributed by atoms with van der Waals surface area (Å²) in [5, 5.41) is 26.8. The van der Waals surface area contributed by atoms with Crippen molar-refractivity contribution in [1.29, 1.82) is 0 Å². The summed E-state index contributed by atoms with van der Waals surface area (Å²) in [5.74, 6) is -5.75. The number of alkyl halides is 3. The number of para-hydroxylation sites is 2. The van der Waals surface area contributed by atoms with Crippen molar-refractivity contribution in [1.82, 2.24) is 25.9 Å². The van der Waals surface area contributed by atoms with Crippen molar-refractivity contribution in [3.8, 4) is 0 Å². The van der Waals surface area contributed by atoms with Gasteiger partial charge in [-0.1, -0.05) is 66.7 Å². The zero-order valence-corrected chi connectivity index (χ0v) is 27.7. The maximum atomic E-state index is 13.6. The van der Waals surface area contributed by atoms with Crippen LogP contribution in [0.2, 0.25) is 0 Å². The highest BCUT2D eigenvalue weighted by atomic mass is 19.4. The Labute approximate surface area is 294 Å². The van der Waals surface area contributed by atoms with Crippen LogP contribution in [0.4, 0.5) is 13.2 Å². The van der Waals surface area contributed by atoms with E-state index in [2.05, 4.69) is 25.9 Å². The fourth-order valence-electron chi connectivity index (χ4n) is 5.36. The maximum Gasteiger partial charge on any atom is 0.490 e. The van der Waals surface area contributed by atoms with E-state index in [9.17, 15) is 37.5 Å². The number of hydrogen-bond donors (Lipinski definition) is 8. The highest BCUT2D eigenvalue weighted by Gasteiger charge is 2.38. The smallest absolute Gasteiger partial charge is 0.480 e. The molecule has 52 heavy (non-hydrogen) atoms. The van der Waals surface area contributed by atoms with Gasteiger partial charge in [-0.05, 0) is 42.2 Å². The average Bonchev–Trinajstić information content (AvgIpc) is 3.71. The quantitative estimate of drug-likeness (QED) is 0.0900. The lowest BCUT2D eigenvalue weighted by Crippen LogP contribution is -2.57. The van der Waals surface area contributed by atoms with Crippen molar-refractivity contribution in [3.63, 3.8) is 0 Å². The number of rotatable bonds is 13. The SMILES string of the molecule is C[C@H](NC(=O)[C@H](N)Cc1c[nH]c2ccccc12)C(=O)N[C@@H](Cc1c[nH]c2ccccc12)C(=O)N[C@H](Cc1ccccc1)C(=O)O.O=C(O)C(F)(F)F.